The van der Waals surface area contributed by atoms with Crippen molar-refractivity contribution in [3.05, 3.63) is 125 Å². The van der Waals surface area contributed by atoms with Crippen LogP contribution < -0.4 is 10.6 Å². The molecule has 0 spiro atoms. The third kappa shape index (κ3) is 6.39. The molecular formula is C38H34N12O3. The van der Waals surface area contributed by atoms with E-state index in [1.54, 1.807) is 44.5 Å². The molecule has 0 saturated carbocycles. The highest BCUT2D eigenvalue weighted by Crippen LogP contribution is 2.28. The van der Waals surface area contributed by atoms with E-state index in [-0.39, 0.29) is 24.9 Å². The molecule has 2 aromatic carbocycles. The van der Waals surface area contributed by atoms with Crippen molar-refractivity contribution in [2.75, 3.05) is 5.32 Å². The standard InChI is InChI=1S/C38H34N12O3/c1-21-6-11-28-29(13-31(45-35(28)24(21)4)26-14-41-48(5)17-26)37(51)39-16-34-33(40-20-53-34)19-49-18-32(46-47-49)25-7-9-27(10-8-25)44-38(52)30-15-42-50-23(3)12-22(2)43-36(30)50/h6-15,17-18,20H,16,19H2,1-5H3,(H,39,51)(H,44,52). The van der Waals surface area contributed by atoms with Crippen molar-refractivity contribution < 1.29 is 14.0 Å². The van der Waals surface area contributed by atoms with Crippen LogP contribution in [0.15, 0.2) is 84.1 Å². The van der Waals surface area contributed by atoms with E-state index in [1.807, 2.05) is 71.3 Å². The van der Waals surface area contributed by atoms with Gasteiger partial charge in [-0.2, -0.15) is 10.2 Å². The van der Waals surface area contributed by atoms with Gasteiger partial charge < -0.3 is 15.1 Å². The van der Waals surface area contributed by atoms with Gasteiger partial charge in [-0.25, -0.2) is 24.1 Å². The quantitative estimate of drug-likeness (QED) is 0.198. The van der Waals surface area contributed by atoms with Crippen LogP contribution in [0.3, 0.4) is 0 Å². The van der Waals surface area contributed by atoms with Crippen LogP contribution in [0, 0.1) is 27.7 Å². The Kier molecular flexibility index (Phi) is 8.29. The van der Waals surface area contributed by atoms with Crippen molar-refractivity contribution in [2.45, 2.75) is 40.8 Å². The molecule has 2 amide bonds. The number of oxazole rings is 1. The van der Waals surface area contributed by atoms with Crippen LogP contribution >= 0.6 is 0 Å². The van der Waals surface area contributed by atoms with Gasteiger partial charge in [0.25, 0.3) is 11.8 Å². The number of hydrogen-bond acceptors (Lipinski definition) is 10. The Bertz CT molecular complexity index is 2680. The fourth-order valence-corrected chi connectivity index (χ4v) is 6.26. The summed E-state index contributed by atoms with van der Waals surface area (Å²) in [6.45, 7) is 8.23. The Morgan fingerprint density at radius 1 is 0.849 bits per heavy atom. The number of amides is 2. The summed E-state index contributed by atoms with van der Waals surface area (Å²) in [5.41, 5.74) is 10.1. The Morgan fingerprint density at radius 2 is 1.68 bits per heavy atom. The van der Waals surface area contributed by atoms with Gasteiger partial charge in [0, 0.05) is 46.8 Å². The third-order valence-electron chi connectivity index (χ3n) is 9.20. The molecule has 0 radical (unpaired) electrons. The number of pyridine rings is 1. The van der Waals surface area contributed by atoms with Gasteiger partial charge in [0.15, 0.2) is 12.0 Å². The van der Waals surface area contributed by atoms with E-state index in [1.165, 1.54) is 12.6 Å². The number of nitrogens with one attached hydrogen (secondary N) is 2. The molecule has 8 rings (SSSR count). The zero-order valence-electron chi connectivity index (χ0n) is 29.6. The van der Waals surface area contributed by atoms with Crippen molar-refractivity contribution in [3.8, 4) is 22.5 Å². The monoisotopic (exact) mass is 706 g/mol. The zero-order valence-corrected chi connectivity index (χ0v) is 29.6. The highest BCUT2D eigenvalue weighted by Gasteiger charge is 2.19. The summed E-state index contributed by atoms with van der Waals surface area (Å²) in [4.78, 5) is 40.6. The number of fused-ring (bicyclic) bond motifs is 2. The maximum Gasteiger partial charge on any atom is 0.261 e. The second-order valence-corrected chi connectivity index (χ2v) is 12.9. The molecule has 6 heterocycles. The first kappa shape index (κ1) is 33.1. The largest absolute Gasteiger partial charge is 0.446 e. The van der Waals surface area contributed by atoms with Crippen molar-refractivity contribution in [2.24, 2.45) is 7.05 Å². The summed E-state index contributed by atoms with van der Waals surface area (Å²) < 4.78 is 10.7. The molecule has 0 aliphatic carbocycles. The number of carbonyl (C=O) groups excluding carboxylic acids is 2. The average Bonchev–Trinajstić information content (AvgIpc) is 3.97. The number of rotatable bonds is 9. The van der Waals surface area contributed by atoms with Crippen LogP contribution in [-0.4, -0.2) is 61.2 Å². The molecule has 8 aromatic rings. The predicted molar refractivity (Wildman–Crippen MR) is 196 cm³/mol. The van der Waals surface area contributed by atoms with Crippen molar-refractivity contribution in [3.63, 3.8) is 0 Å². The van der Waals surface area contributed by atoms with Crippen molar-refractivity contribution in [1.82, 2.24) is 54.7 Å². The summed E-state index contributed by atoms with van der Waals surface area (Å²) in [6, 6.07) is 14.9. The molecular weight excluding hydrogens is 672 g/mol. The molecule has 53 heavy (non-hydrogen) atoms. The lowest BCUT2D eigenvalue weighted by molar-refractivity contribution is 0.0948. The molecule has 6 aromatic heterocycles. The minimum atomic E-state index is -0.301. The first-order valence-electron chi connectivity index (χ1n) is 16.8. The van der Waals surface area contributed by atoms with E-state index in [2.05, 4.69) is 41.1 Å². The average molecular weight is 707 g/mol. The van der Waals surface area contributed by atoms with Gasteiger partial charge in [-0.05, 0) is 63.1 Å². The van der Waals surface area contributed by atoms with E-state index < -0.39 is 0 Å². The lowest BCUT2D eigenvalue weighted by atomic mass is 9.99. The first-order valence-corrected chi connectivity index (χ1v) is 16.8. The molecule has 15 nitrogen and oxygen atoms in total. The minimum Gasteiger partial charge on any atom is -0.446 e. The van der Waals surface area contributed by atoms with Gasteiger partial charge in [-0.15, -0.1) is 5.10 Å². The Hall–Kier alpha value is -7.03. The van der Waals surface area contributed by atoms with Crippen molar-refractivity contribution >= 4 is 34.1 Å². The molecule has 0 bridgehead atoms. The summed E-state index contributed by atoms with van der Waals surface area (Å²) >= 11 is 0. The number of nitrogens with zero attached hydrogens (tertiary/aromatic N) is 10. The summed E-state index contributed by atoms with van der Waals surface area (Å²) in [5, 5.41) is 23.9. The number of carbonyl (C=O) groups is 2. The molecule has 0 saturated heterocycles. The number of anilines is 1. The lowest BCUT2D eigenvalue weighted by Gasteiger charge is -2.12. The van der Waals surface area contributed by atoms with Gasteiger partial charge in [0.2, 0.25) is 0 Å². The van der Waals surface area contributed by atoms with E-state index in [9.17, 15) is 9.59 Å². The van der Waals surface area contributed by atoms with Gasteiger partial charge in [-0.3, -0.25) is 14.3 Å². The minimum absolute atomic E-state index is 0.115. The van der Waals surface area contributed by atoms with E-state index >= 15 is 0 Å². The van der Waals surface area contributed by atoms with Crippen LogP contribution in [0.25, 0.3) is 39.1 Å². The van der Waals surface area contributed by atoms with E-state index in [0.29, 0.717) is 45.3 Å². The Balaban J connectivity index is 0.942. The molecule has 264 valence electrons. The van der Waals surface area contributed by atoms with E-state index in [0.717, 1.165) is 44.5 Å². The van der Waals surface area contributed by atoms with E-state index in [4.69, 9.17) is 9.40 Å². The number of hydrogen-bond donors (Lipinski definition) is 2. The maximum absolute atomic E-state index is 13.7. The van der Waals surface area contributed by atoms with Crippen molar-refractivity contribution in [1.29, 1.82) is 0 Å². The SMILES string of the molecule is Cc1cc(C)n2ncc(C(=O)Nc3ccc(-c4cn(Cc5ncoc5CNC(=O)c5cc(-c6cnn(C)c6)nc6c(C)c(C)ccc56)nn4)cc3)c2n1. The third-order valence-corrected chi connectivity index (χ3v) is 9.20. The topological polar surface area (TPSA) is 176 Å². The molecule has 0 atom stereocenters. The Labute approximate surface area is 302 Å². The second-order valence-electron chi connectivity index (χ2n) is 12.9. The highest BCUT2D eigenvalue weighted by atomic mass is 16.3. The normalized spacial score (nSPS) is 11.4. The fraction of sp³-hybridized carbons (Fsp3) is 0.184. The first-order chi connectivity index (χ1) is 25.6. The van der Waals surface area contributed by atoms with Crippen LogP contribution in [0.5, 0.6) is 0 Å². The molecule has 15 heteroatoms. The molecule has 0 unspecified atom stereocenters. The molecule has 0 aliphatic rings. The van der Waals surface area contributed by atoms with Crippen LogP contribution in [0.4, 0.5) is 5.69 Å². The highest BCUT2D eigenvalue weighted by molar-refractivity contribution is 6.09. The van der Waals surface area contributed by atoms with Gasteiger partial charge in [0.05, 0.1) is 48.5 Å². The molecule has 2 N–H and O–H groups in total. The Morgan fingerprint density at radius 3 is 2.47 bits per heavy atom. The lowest BCUT2D eigenvalue weighted by Crippen LogP contribution is -2.24. The van der Waals surface area contributed by atoms with Crippen LogP contribution in [-0.2, 0) is 20.1 Å². The summed E-state index contributed by atoms with van der Waals surface area (Å²) in [7, 11) is 1.84. The molecule has 0 aliphatic heterocycles. The molecule has 0 fully saturated rings. The maximum atomic E-state index is 13.7. The van der Waals surface area contributed by atoms with Gasteiger partial charge in [0.1, 0.15) is 22.7 Å². The van der Waals surface area contributed by atoms with Crippen LogP contribution in [0.2, 0.25) is 0 Å². The number of aryl methyl sites for hydroxylation is 5. The number of aromatic nitrogens is 10. The van der Waals surface area contributed by atoms with Gasteiger partial charge in [-0.1, -0.05) is 29.5 Å². The fourth-order valence-electron chi connectivity index (χ4n) is 6.26. The predicted octanol–water partition coefficient (Wildman–Crippen LogP) is 5.39. The smallest absolute Gasteiger partial charge is 0.261 e. The van der Waals surface area contributed by atoms with Crippen LogP contribution in [0.1, 0.15) is 54.7 Å². The zero-order chi connectivity index (χ0) is 36.8. The second kappa shape index (κ2) is 13.3. The van der Waals surface area contributed by atoms with Gasteiger partial charge >= 0.3 is 0 Å². The number of benzene rings is 2. The summed E-state index contributed by atoms with van der Waals surface area (Å²) in [5.74, 6) is -0.0685. The summed E-state index contributed by atoms with van der Waals surface area (Å²) in [6.07, 6.45) is 8.28.